The third kappa shape index (κ3) is 7.62. The molecule has 0 bridgehead atoms. The second kappa shape index (κ2) is 10.3. The van der Waals surface area contributed by atoms with Crippen LogP contribution in [0, 0.1) is 0 Å². The highest BCUT2D eigenvalue weighted by Gasteiger charge is 2.12. The number of esters is 1. The van der Waals surface area contributed by atoms with Crippen molar-refractivity contribution in [3.63, 3.8) is 0 Å². The van der Waals surface area contributed by atoms with Crippen molar-refractivity contribution in [3.05, 3.63) is 29.8 Å². The van der Waals surface area contributed by atoms with Crippen LogP contribution in [0.15, 0.2) is 24.3 Å². The van der Waals surface area contributed by atoms with E-state index in [9.17, 15) is 14.4 Å². The van der Waals surface area contributed by atoms with E-state index < -0.39 is 24.5 Å². The molecule has 0 fully saturated rings. The summed E-state index contributed by atoms with van der Waals surface area (Å²) < 4.78 is 10.0. The molecule has 132 valence electrons. The standard InChI is InChI=1S/C17H24N2O5/c1-4-12(3)18-17(22)19-15(20)10-24-16(21)11-23-14-8-6-13(5-2)7-9-14/h6-9,12H,4-5,10-11H2,1-3H3,(H2,18,19,20,22)/t12-/m0/s1. The second-order valence-electron chi connectivity index (χ2n) is 5.28. The Bertz CT molecular complexity index is 557. The quantitative estimate of drug-likeness (QED) is 0.706. The van der Waals surface area contributed by atoms with Crippen LogP contribution in [-0.4, -0.2) is 37.2 Å². The molecule has 3 amide bonds. The van der Waals surface area contributed by atoms with Crippen molar-refractivity contribution in [2.24, 2.45) is 0 Å². The molecule has 0 saturated heterocycles. The number of rotatable bonds is 8. The highest BCUT2D eigenvalue weighted by atomic mass is 16.6. The molecule has 1 aromatic rings. The lowest BCUT2D eigenvalue weighted by molar-refractivity contribution is -0.150. The Morgan fingerprint density at radius 2 is 1.75 bits per heavy atom. The third-order valence-electron chi connectivity index (χ3n) is 3.30. The number of ether oxygens (including phenoxy) is 2. The number of nitrogens with one attached hydrogen (secondary N) is 2. The van der Waals surface area contributed by atoms with Crippen LogP contribution in [0.2, 0.25) is 0 Å². The summed E-state index contributed by atoms with van der Waals surface area (Å²) in [6, 6.07) is 6.68. The van der Waals surface area contributed by atoms with Crippen LogP contribution in [0.3, 0.4) is 0 Å². The van der Waals surface area contributed by atoms with Crippen molar-refractivity contribution in [3.8, 4) is 5.75 Å². The molecule has 7 heteroatoms. The van der Waals surface area contributed by atoms with Gasteiger partial charge in [0.05, 0.1) is 0 Å². The van der Waals surface area contributed by atoms with Crippen molar-refractivity contribution in [1.29, 1.82) is 0 Å². The fourth-order valence-corrected chi connectivity index (χ4v) is 1.68. The molecule has 0 heterocycles. The van der Waals surface area contributed by atoms with E-state index in [0.717, 1.165) is 18.4 Å². The van der Waals surface area contributed by atoms with E-state index in [-0.39, 0.29) is 12.6 Å². The van der Waals surface area contributed by atoms with Crippen LogP contribution < -0.4 is 15.4 Å². The maximum absolute atomic E-state index is 11.5. The fraction of sp³-hybridized carbons (Fsp3) is 0.471. The third-order valence-corrected chi connectivity index (χ3v) is 3.30. The van der Waals surface area contributed by atoms with Gasteiger partial charge in [-0.2, -0.15) is 0 Å². The van der Waals surface area contributed by atoms with E-state index in [2.05, 4.69) is 10.6 Å². The minimum Gasteiger partial charge on any atom is -0.482 e. The van der Waals surface area contributed by atoms with Crippen molar-refractivity contribution in [1.82, 2.24) is 10.6 Å². The molecule has 0 aliphatic rings. The molecule has 1 rings (SSSR count). The molecule has 24 heavy (non-hydrogen) atoms. The molecule has 0 aliphatic heterocycles. The maximum Gasteiger partial charge on any atom is 0.344 e. The molecule has 1 aromatic carbocycles. The Labute approximate surface area is 141 Å². The summed E-state index contributed by atoms with van der Waals surface area (Å²) in [5.74, 6) is -0.843. The van der Waals surface area contributed by atoms with Gasteiger partial charge in [-0.05, 0) is 37.5 Å². The first-order valence-corrected chi connectivity index (χ1v) is 7.92. The van der Waals surface area contributed by atoms with Crippen LogP contribution in [-0.2, 0) is 20.7 Å². The van der Waals surface area contributed by atoms with Crippen LogP contribution in [0.5, 0.6) is 5.75 Å². The molecule has 0 radical (unpaired) electrons. The lowest BCUT2D eigenvalue weighted by Gasteiger charge is -2.12. The van der Waals surface area contributed by atoms with E-state index in [1.807, 2.05) is 32.9 Å². The second-order valence-corrected chi connectivity index (χ2v) is 5.28. The number of benzene rings is 1. The lowest BCUT2D eigenvalue weighted by Crippen LogP contribution is -2.44. The normalized spacial score (nSPS) is 11.3. The average molecular weight is 336 g/mol. The van der Waals surface area contributed by atoms with Crippen molar-refractivity contribution in [2.45, 2.75) is 39.7 Å². The van der Waals surface area contributed by atoms with Gasteiger partial charge in [-0.1, -0.05) is 26.0 Å². The highest BCUT2D eigenvalue weighted by Crippen LogP contribution is 2.12. The molecule has 0 unspecified atom stereocenters. The Kier molecular flexibility index (Phi) is 8.32. The van der Waals surface area contributed by atoms with Gasteiger partial charge >= 0.3 is 12.0 Å². The Morgan fingerprint density at radius 3 is 2.33 bits per heavy atom. The zero-order valence-corrected chi connectivity index (χ0v) is 14.3. The zero-order valence-electron chi connectivity index (χ0n) is 14.3. The van der Waals surface area contributed by atoms with E-state index in [4.69, 9.17) is 9.47 Å². The number of carbonyl (C=O) groups excluding carboxylic acids is 3. The van der Waals surface area contributed by atoms with Gasteiger partial charge in [0.1, 0.15) is 5.75 Å². The monoisotopic (exact) mass is 336 g/mol. The fourth-order valence-electron chi connectivity index (χ4n) is 1.68. The van der Waals surface area contributed by atoms with Gasteiger partial charge in [0.15, 0.2) is 13.2 Å². The van der Waals surface area contributed by atoms with Crippen LogP contribution >= 0.6 is 0 Å². The SMILES string of the molecule is CCc1ccc(OCC(=O)OCC(=O)NC(=O)N[C@@H](C)CC)cc1. The summed E-state index contributed by atoms with van der Waals surface area (Å²) in [4.78, 5) is 34.4. The van der Waals surface area contributed by atoms with Crippen LogP contribution in [0.4, 0.5) is 4.79 Å². The van der Waals surface area contributed by atoms with E-state index in [0.29, 0.717) is 5.75 Å². The van der Waals surface area contributed by atoms with Gasteiger partial charge in [0.2, 0.25) is 0 Å². The van der Waals surface area contributed by atoms with Crippen LogP contribution in [0.1, 0.15) is 32.8 Å². The predicted molar refractivity (Wildman–Crippen MR) is 88.7 cm³/mol. The van der Waals surface area contributed by atoms with Crippen molar-refractivity contribution >= 4 is 17.9 Å². The molecular weight excluding hydrogens is 312 g/mol. The summed E-state index contributed by atoms with van der Waals surface area (Å²) in [5.41, 5.74) is 1.16. The number of carbonyl (C=O) groups is 3. The largest absolute Gasteiger partial charge is 0.482 e. The smallest absolute Gasteiger partial charge is 0.344 e. The number of amides is 3. The predicted octanol–water partition coefficient (Wildman–Crippen LogP) is 1.80. The molecule has 0 spiro atoms. The van der Waals surface area contributed by atoms with Gasteiger partial charge in [0.25, 0.3) is 5.91 Å². The minimum absolute atomic E-state index is 0.0483. The first-order valence-electron chi connectivity index (χ1n) is 7.92. The summed E-state index contributed by atoms with van der Waals surface area (Å²) >= 11 is 0. The molecule has 7 nitrogen and oxygen atoms in total. The van der Waals surface area contributed by atoms with E-state index in [1.165, 1.54) is 0 Å². The highest BCUT2D eigenvalue weighted by molar-refractivity contribution is 5.95. The maximum atomic E-state index is 11.5. The molecule has 1 atom stereocenters. The Balaban J connectivity index is 2.25. The number of hydrogen-bond donors (Lipinski definition) is 2. The molecule has 0 aliphatic carbocycles. The molecule has 0 saturated carbocycles. The number of hydrogen-bond acceptors (Lipinski definition) is 5. The average Bonchev–Trinajstić information content (AvgIpc) is 2.58. The van der Waals surface area contributed by atoms with Crippen molar-refractivity contribution in [2.75, 3.05) is 13.2 Å². The summed E-state index contributed by atoms with van der Waals surface area (Å²) in [6.45, 7) is 4.92. The van der Waals surface area contributed by atoms with Gasteiger partial charge in [0, 0.05) is 6.04 Å². The van der Waals surface area contributed by atoms with E-state index >= 15 is 0 Å². The van der Waals surface area contributed by atoms with Gasteiger partial charge in [-0.25, -0.2) is 9.59 Å². The Morgan fingerprint density at radius 1 is 1.08 bits per heavy atom. The molecular formula is C17H24N2O5. The van der Waals surface area contributed by atoms with Crippen LogP contribution in [0.25, 0.3) is 0 Å². The lowest BCUT2D eigenvalue weighted by atomic mass is 10.2. The molecule has 0 aromatic heterocycles. The molecule has 2 N–H and O–H groups in total. The number of aryl methyl sites for hydroxylation is 1. The van der Waals surface area contributed by atoms with Gasteiger partial charge < -0.3 is 14.8 Å². The van der Waals surface area contributed by atoms with Gasteiger partial charge in [-0.15, -0.1) is 0 Å². The number of imide groups is 1. The first kappa shape index (κ1) is 19.5. The minimum atomic E-state index is -0.698. The van der Waals surface area contributed by atoms with E-state index in [1.54, 1.807) is 12.1 Å². The van der Waals surface area contributed by atoms with Crippen molar-refractivity contribution < 1.29 is 23.9 Å². The first-order chi connectivity index (χ1) is 11.4. The van der Waals surface area contributed by atoms with Gasteiger partial charge in [-0.3, -0.25) is 10.1 Å². The summed E-state index contributed by atoms with van der Waals surface area (Å²) in [6.07, 6.45) is 1.66. The Hall–Kier alpha value is -2.57. The zero-order chi connectivity index (χ0) is 17.9. The summed E-state index contributed by atoms with van der Waals surface area (Å²) in [7, 11) is 0. The number of urea groups is 1. The topological polar surface area (TPSA) is 93.7 Å². The summed E-state index contributed by atoms with van der Waals surface area (Å²) in [5, 5.41) is 4.65.